The lowest BCUT2D eigenvalue weighted by Gasteiger charge is -1.97. The highest BCUT2D eigenvalue weighted by atomic mass is 16.5. The van der Waals surface area contributed by atoms with Crippen LogP contribution in [0, 0.1) is 0 Å². The van der Waals surface area contributed by atoms with E-state index in [1.807, 2.05) is 24.3 Å². The molecule has 0 saturated heterocycles. The van der Waals surface area contributed by atoms with Crippen LogP contribution in [0.4, 0.5) is 0 Å². The van der Waals surface area contributed by atoms with Gasteiger partial charge in [-0.15, -0.1) is 0 Å². The Morgan fingerprint density at radius 1 is 1.47 bits per heavy atom. The second-order valence-corrected chi connectivity index (χ2v) is 3.16. The van der Waals surface area contributed by atoms with Crippen molar-refractivity contribution in [1.82, 2.24) is 4.98 Å². The molecule has 0 bridgehead atoms. The van der Waals surface area contributed by atoms with E-state index in [1.54, 1.807) is 12.1 Å². The highest BCUT2D eigenvalue weighted by Gasteiger charge is 2.09. The Balaban J connectivity index is 2.28. The van der Waals surface area contributed by atoms with Gasteiger partial charge in [-0.3, -0.25) is 0 Å². The van der Waals surface area contributed by atoms with Crippen LogP contribution in [0.5, 0.6) is 0 Å². The molecule has 2 rings (SSSR count). The third kappa shape index (κ3) is 1.91. The van der Waals surface area contributed by atoms with Crippen molar-refractivity contribution in [3.8, 4) is 0 Å². The molecule has 76 valence electrons. The van der Waals surface area contributed by atoms with Crippen molar-refractivity contribution in [2.24, 2.45) is 0 Å². The number of nitrogens with one attached hydrogen (secondary N) is 1. The zero-order chi connectivity index (χ0) is 10.7. The lowest BCUT2D eigenvalue weighted by molar-refractivity contribution is 0.0544. The van der Waals surface area contributed by atoms with Crippen LogP contribution in [0.3, 0.4) is 0 Å². The number of carbonyl (C=O) groups excluding carboxylic acids is 1. The normalized spacial score (nSPS) is 10.1. The van der Waals surface area contributed by atoms with Gasteiger partial charge in [-0.1, -0.05) is 30.9 Å². The molecule has 1 N–H and O–H groups in total. The lowest BCUT2D eigenvalue weighted by Crippen LogP contribution is -2.04. The van der Waals surface area contributed by atoms with Crippen molar-refractivity contribution in [2.45, 2.75) is 0 Å². The molecule has 15 heavy (non-hydrogen) atoms. The summed E-state index contributed by atoms with van der Waals surface area (Å²) in [6, 6.07) is 9.48. The maximum Gasteiger partial charge on any atom is 0.355 e. The minimum Gasteiger partial charge on any atom is -0.457 e. The predicted molar refractivity (Wildman–Crippen MR) is 58.8 cm³/mol. The highest BCUT2D eigenvalue weighted by molar-refractivity contribution is 5.94. The molecule has 0 amide bonds. The van der Waals surface area contributed by atoms with Gasteiger partial charge >= 0.3 is 5.97 Å². The summed E-state index contributed by atoms with van der Waals surface area (Å²) < 4.78 is 4.92. The van der Waals surface area contributed by atoms with Crippen molar-refractivity contribution in [3.63, 3.8) is 0 Å². The molecule has 0 saturated carbocycles. The third-order valence-electron chi connectivity index (χ3n) is 2.08. The molecule has 3 nitrogen and oxygen atoms in total. The first-order valence-electron chi connectivity index (χ1n) is 4.67. The average Bonchev–Trinajstić information content (AvgIpc) is 2.69. The fourth-order valence-electron chi connectivity index (χ4n) is 1.40. The van der Waals surface area contributed by atoms with E-state index in [-0.39, 0.29) is 12.6 Å². The van der Waals surface area contributed by atoms with E-state index < -0.39 is 0 Å². The zero-order valence-electron chi connectivity index (χ0n) is 8.19. The molecule has 3 heteroatoms. The summed E-state index contributed by atoms with van der Waals surface area (Å²) in [5.41, 5.74) is 1.40. The van der Waals surface area contributed by atoms with E-state index >= 15 is 0 Å². The topological polar surface area (TPSA) is 42.1 Å². The molecule has 2 aromatic rings. The number of ether oxygens (including phenoxy) is 1. The Labute approximate surface area is 87.4 Å². The first-order chi connectivity index (χ1) is 7.31. The number of aromatic nitrogens is 1. The number of aromatic amines is 1. The van der Waals surface area contributed by atoms with Gasteiger partial charge < -0.3 is 9.72 Å². The standard InChI is InChI=1S/C12H11NO2/c1-2-7-15-12(14)11-8-9-5-3-4-6-10(9)13-11/h2-6,8,13H,1,7H2. The molecule has 1 aromatic carbocycles. The van der Waals surface area contributed by atoms with Crippen LogP contribution in [0.1, 0.15) is 10.5 Å². The summed E-state index contributed by atoms with van der Waals surface area (Å²) in [5.74, 6) is -0.355. The van der Waals surface area contributed by atoms with E-state index in [0.717, 1.165) is 10.9 Å². The average molecular weight is 201 g/mol. The molecule has 0 unspecified atom stereocenters. The lowest BCUT2D eigenvalue weighted by atomic mass is 10.2. The van der Waals surface area contributed by atoms with Gasteiger partial charge in [0.1, 0.15) is 12.3 Å². The van der Waals surface area contributed by atoms with Crippen LogP contribution in [-0.4, -0.2) is 17.6 Å². The van der Waals surface area contributed by atoms with Crippen LogP contribution < -0.4 is 0 Å². The van der Waals surface area contributed by atoms with Crippen LogP contribution in [0.25, 0.3) is 10.9 Å². The van der Waals surface area contributed by atoms with Crippen LogP contribution in [-0.2, 0) is 4.74 Å². The van der Waals surface area contributed by atoms with Crippen molar-refractivity contribution in [1.29, 1.82) is 0 Å². The number of rotatable bonds is 3. The van der Waals surface area contributed by atoms with Gasteiger partial charge in [-0.25, -0.2) is 4.79 Å². The summed E-state index contributed by atoms with van der Waals surface area (Å²) in [6.07, 6.45) is 1.54. The number of H-pyrrole nitrogens is 1. The molecule has 0 aliphatic rings. The summed E-state index contributed by atoms with van der Waals surface area (Å²) >= 11 is 0. The predicted octanol–water partition coefficient (Wildman–Crippen LogP) is 2.51. The number of carbonyl (C=O) groups is 1. The van der Waals surface area contributed by atoms with Crippen LogP contribution >= 0.6 is 0 Å². The molecular weight excluding hydrogens is 190 g/mol. The Kier molecular flexibility index (Phi) is 2.54. The maximum atomic E-state index is 11.5. The second kappa shape index (κ2) is 4.00. The largest absolute Gasteiger partial charge is 0.457 e. The van der Waals surface area contributed by atoms with Crippen LogP contribution in [0.15, 0.2) is 43.0 Å². The summed E-state index contributed by atoms with van der Waals surface area (Å²) in [5, 5.41) is 1.00. The minimum absolute atomic E-state index is 0.230. The molecule has 1 heterocycles. The van der Waals surface area contributed by atoms with Crippen LogP contribution in [0.2, 0.25) is 0 Å². The molecule has 0 aliphatic carbocycles. The first-order valence-corrected chi connectivity index (χ1v) is 4.67. The van der Waals surface area contributed by atoms with Gasteiger partial charge in [0.15, 0.2) is 0 Å². The van der Waals surface area contributed by atoms with Crippen molar-refractivity contribution in [2.75, 3.05) is 6.61 Å². The van der Waals surface area contributed by atoms with E-state index in [2.05, 4.69) is 11.6 Å². The summed E-state index contributed by atoms with van der Waals surface area (Å²) in [7, 11) is 0. The minimum atomic E-state index is -0.355. The number of hydrogen-bond donors (Lipinski definition) is 1. The van der Waals surface area contributed by atoms with E-state index in [4.69, 9.17) is 4.74 Å². The number of hydrogen-bond acceptors (Lipinski definition) is 2. The number of fused-ring (bicyclic) bond motifs is 1. The van der Waals surface area contributed by atoms with Gasteiger partial charge in [0, 0.05) is 10.9 Å². The van der Waals surface area contributed by atoms with Gasteiger partial charge in [-0.2, -0.15) is 0 Å². The smallest absolute Gasteiger partial charge is 0.355 e. The van der Waals surface area contributed by atoms with E-state index in [0.29, 0.717) is 5.69 Å². The quantitative estimate of drug-likeness (QED) is 0.612. The number of para-hydroxylation sites is 1. The van der Waals surface area contributed by atoms with Crippen molar-refractivity contribution >= 4 is 16.9 Å². The Hall–Kier alpha value is -2.03. The Morgan fingerprint density at radius 3 is 3.00 bits per heavy atom. The van der Waals surface area contributed by atoms with Crippen molar-refractivity contribution < 1.29 is 9.53 Å². The maximum absolute atomic E-state index is 11.5. The Bertz CT molecular complexity index is 466. The zero-order valence-corrected chi connectivity index (χ0v) is 8.19. The summed E-state index contributed by atoms with van der Waals surface area (Å²) in [6.45, 7) is 3.71. The molecule has 0 fully saturated rings. The molecular formula is C12H11NO2. The van der Waals surface area contributed by atoms with Crippen molar-refractivity contribution in [3.05, 3.63) is 48.7 Å². The molecule has 0 radical (unpaired) electrons. The van der Waals surface area contributed by atoms with Gasteiger partial charge in [0.2, 0.25) is 0 Å². The number of benzene rings is 1. The van der Waals surface area contributed by atoms with Gasteiger partial charge in [0.25, 0.3) is 0 Å². The monoisotopic (exact) mass is 201 g/mol. The second-order valence-electron chi connectivity index (χ2n) is 3.16. The summed E-state index contributed by atoms with van der Waals surface area (Å²) in [4.78, 5) is 14.5. The van der Waals surface area contributed by atoms with Gasteiger partial charge in [-0.05, 0) is 12.1 Å². The fourth-order valence-corrected chi connectivity index (χ4v) is 1.40. The molecule has 0 spiro atoms. The fraction of sp³-hybridized carbons (Fsp3) is 0.0833. The number of esters is 1. The van der Waals surface area contributed by atoms with E-state index in [1.165, 1.54) is 0 Å². The molecule has 0 atom stereocenters. The third-order valence-corrected chi connectivity index (χ3v) is 2.08. The molecule has 1 aromatic heterocycles. The van der Waals surface area contributed by atoms with E-state index in [9.17, 15) is 4.79 Å². The SMILES string of the molecule is C=CCOC(=O)c1cc2ccccc2[nH]1. The Morgan fingerprint density at radius 2 is 2.27 bits per heavy atom. The first kappa shape index (κ1) is 9.52. The highest BCUT2D eigenvalue weighted by Crippen LogP contribution is 2.15. The molecule has 0 aliphatic heterocycles. The van der Waals surface area contributed by atoms with Gasteiger partial charge in [0.05, 0.1) is 0 Å².